The average molecular weight is 1340 g/mol. The second-order valence-electron chi connectivity index (χ2n) is 22.9. The van der Waals surface area contributed by atoms with Crippen LogP contribution in [0.5, 0.6) is 40.2 Å². The molecule has 0 atom stereocenters. The lowest BCUT2D eigenvalue weighted by Crippen LogP contribution is -2.22. The Kier molecular flexibility index (Phi) is 22.3. The third-order valence-corrected chi connectivity index (χ3v) is 15.8. The molecule has 0 aliphatic rings. The second-order valence-corrected chi connectivity index (χ2v) is 23.8. The van der Waals surface area contributed by atoms with Gasteiger partial charge < -0.3 is 57.3 Å². The van der Waals surface area contributed by atoms with Crippen LogP contribution < -0.4 is 23.7 Å². The number of aromatic nitrogens is 3. The molecule has 8 aromatic carbocycles. The molecular formula is C77H72BrN3O14. The number of methoxy groups -OCH3 is 3. The first-order chi connectivity index (χ1) is 45.6. The molecule has 17 nitrogen and oxygen atoms in total. The summed E-state index contributed by atoms with van der Waals surface area (Å²) in [5, 5.41) is 41.6. The summed E-state index contributed by atoms with van der Waals surface area (Å²) >= 11 is 3.65. The number of esters is 1. The maximum absolute atomic E-state index is 12.3. The minimum atomic E-state index is -1.15. The summed E-state index contributed by atoms with van der Waals surface area (Å²) in [6.45, 7) is 16.0. The molecule has 3 aromatic heterocycles. The third-order valence-electron chi connectivity index (χ3n) is 14.9. The Bertz CT molecular complexity index is 4510. The quantitative estimate of drug-likeness (QED) is 0.0505. The number of hydrogen-bond acceptors (Lipinski definition) is 16. The summed E-state index contributed by atoms with van der Waals surface area (Å²) in [6, 6.07) is 53.6. The van der Waals surface area contributed by atoms with Crippen molar-refractivity contribution in [1.82, 2.24) is 15.5 Å². The van der Waals surface area contributed by atoms with E-state index in [2.05, 4.69) is 31.4 Å². The number of aryl methyl sites for hydroxylation is 5. The van der Waals surface area contributed by atoms with Crippen LogP contribution >= 0.6 is 15.9 Å². The number of rotatable bonds is 19. The number of carboxylic acid groups (broad SMARTS) is 1. The lowest BCUT2D eigenvalue weighted by molar-refractivity contribution is -0.148. The van der Waals surface area contributed by atoms with Crippen molar-refractivity contribution in [2.75, 3.05) is 21.3 Å². The van der Waals surface area contributed by atoms with Crippen molar-refractivity contribution < 1.29 is 66.9 Å². The van der Waals surface area contributed by atoms with Gasteiger partial charge in [-0.3, -0.25) is 0 Å². The van der Waals surface area contributed by atoms with Gasteiger partial charge in [-0.1, -0.05) is 128 Å². The number of nitrogens with zero attached hydrogens (tertiary/aromatic N) is 3. The van der Waals surface area contributed by atoms with Crippen LogP contribution in [0.15, 0.2) is 200 Å². The Balaban J connectivity index is 0.000000170. The van der Waals surface area contributed by atoms with Crippen molar-refractivity contribution in [3.8, 4) is 108 Å². The highest BCUT2D eigenvalue weighted by Gasteiger charge is 2.26. The molecule has 0 unspecified atom stereocenters. The maximum Gasteiger partial charge on any atom is 0.331 e. The van der Waals surface area contributed by atoms with E-state index in [0.29, 0.717) is 53.3 Å². The van der Waals surface area contributed by atoms with Gasteiger partial charge in [0, 0.05) is 28.3 Å². The summed E-state index contributed by atoms with van der Waals surface area (Å²) < 4.78 is 51.9. The van der Waals surface area contributed by atoms with E-state index < -0.39 is 17.5 Å². The third kappa shape index (κ3) is 17.3. The van der Waals surface area contributed by atoms with Crippen molar-refractivity contribution in [3.05, 3.63) is 237 Å². The molecule has 0 saturated heterocycles. The Hall–Kier alpha value is -11.1. The number of carbonyl (C=O) groups is 2. The number of aromatic hydroxyl groups is 2. The second kappa shape index (κ2) is 31.0. The van der Waals surface area contributed by atoms with Gasteiger partial charge in [0.1, 0.15) is 59.1 Å². The molecule has 3 N–H and O–H groups in total. The Labute approximate surface area is 559 Å². The van der Waals surface area contributed by atoms with Gasteiger partial charge in [-0.15, -0.1) is 0 Å². The summed E-state index contributed by atoms with van der Waals surface area (Å²) in [4.78, 5) is 23.1. The van der Waals surface area contributed by atoms with Crippen LogP contribution in [0.25, 0.3) is 79.5 Å². The zero-order chi connectivity index (χ0) is 67.9. The van der Waals surface area contributed by atoms with E-state index in [1.165, 1.54) is 18.2 Å². The number of phenolic OH excluding ortho intramolecular Hbond substituents is 2. The largest absolute Gasteiger partial charge is 0.507 e. The number of ether oxygens (including phenoxy) is 6. The molecule has 0 radical (unpaired) electrons. The molecule has 95 heavy (non-hydrogen) atoms. The minimum Gasteiger partial charge on any atom is -0.507 e. The monoisotopic (exact) mass is 1340 g/mol. The van der Waals surface area contributed by atoms with Crippen molar-refractivity contribution in [2.45, 2.75) is 74.2 Å². The molecule has 0 aliphatic carbocycles. The number of phenols is 2. The van der Waals surface area contributed by atoms with E-state index in [1.807, 2.05) is 194 Å². The number of aliphatic carboxylic acids is 1. The minimum absolute atomic E-state index is 0.217. The summed E-state index contributed by atoms with van der Waals surface area (Å²) in [6.07, 6.45) is 5.32. The van der Waals surface area contributed by atoms with E-state index in [9.17, 15) is 19.8 Å². The van der Waals surface area contributed by atoms with Crippen LogP contribution in [-0.2, 0) is 27.5 Å². The first-order valence-corrected chi connectivity index (χ1v) is 30.9. The van der Waals surface area contributed by atoms with E-state index in [1.54, 1.807) is 46.5 Å². The molecule has 0 spiro atoms. The number of carboxylic acids is 1. The van der Waals surface area contributed by atoms with E-state index >= 15 is 0 Å². The SMILES string of the molecule is COc1ccc(-c2c(C)noc2-c2cc(/C=C/C(=O)O)c(O)cc2O)cc1.COc1ccc(-c2c(C)noc2-c2cc(/C=C/C(=O)OC(C)(C)C)c(C)cc2OCc2ccccc2)cc1.COc1ccc(-c2c(C)noc2-c2cc(Br)c(C)cc2OCc2ccccc2)cc1. The normalized spacial score (nSPS) is 11.2. The molecule has 0 fully saturated rings. The van der Waals surface area contributed by atoms with Gasteiger partial charge in [0.15, 0.2) is 17.3 Å². The number of benzene rings is 8. The fourth-order valence-electron chi connectivity index (χ4n) is 10.1. The highest BCUT2D eigenvalue weighted by molar-refractivity contribution is 9.10. The zero-order valence-corrected chi connectivity index (χ0v) is 56.0. The Morgan fingerprint density at radius 2 is 0.874 bits per heavy atom. The van der Waals surface area contributed by atoms with E-state index in [-0.39, 0.29) is 22.6 Å². The van der Waals surface area contributed by atoms with Crippen molar-refractivity contribution in [2.24, 2.45) is 0 Å². The van der Waals surface area contributed by atoms with Crippen molar-refractivity contribution in [1.29, 1.82) is 0 Å². The molecule has 0 amide bonds. The van der Waals surface area contributed by atoms with Crippen molar-refractivity contribution in [3.63, 3.8) is 0 Å². The lowest BCUT2D eigenvalue weighted by Gasteiger charge is -2.18. The summed E-state index contributed by atoms with van der Waals surface area (Å²) in [5.41, 5.74) is 14.0. The molecule has 18 heteroatoms. The van der Waals surface area contributed by atoms with Crippen LogP contribution in [0.4, 0.5) is 0 Å². The van der Waals surface area contributed by atoms with Gasteiger partial charge >= 0.3 is 11.9 Å². The van der Waals surface area contributed by atoms with E-state index in [0.717, 1.165) is 112 Å². The highest BCUT2D eigenvalue weighted by atomic mass is 79.9. The zero-order valence-electron chi connectivity index (χ0n) is 54.4. The molecule has 0 saturated carbocycles. The maximum atomic E-state index is 12.3. The fourth-order valence-corrected chi connectivity index (χ4v) is 10.5. The van der Waals surface area contributed by atoms with Gasteiger partial charge in [-0.05, 0) is 179 Å². The molecule has 11 rings (SSSR count). The predicted molar refractivity (Wildman–Crippen MR) is 370 cm³/mol. The molecule has 0 aliphatic heterocycles. The van der Waals surface area contributed by atoms with Gasteiger partial charge in [0.2, 0.25) is 0 Å². The lowest BCUT2D eigenvalue weighted by atomic mass is 9.96. The van der Waals surface area contributed by atoms with Gasteiger partial charge in [0.05, 0.1) is 71.8 Å². The molecule has 486 valence electrons. The first kappa shape index (κ1) is 68.3. The molecule has 11 aromatic rings. The predicted octanol–water partition coefficient (Wildman–Crippen LogP) is 18.4. The fraction of sp³-hybridized carbons (Fsp3) is 0.182. The number of carbonyl (C=O) groups excluding carboxylic acids is 1. The number of halogens is 1. The van der Waals surface area contributed by atoms with Crippen LogP contribution in [0, 0.1) is 34.6 Å². The standard InChI is InChI=1S/C32H33NO5.C25H22BrNO3.C20H17NO6/c1-21-18-28(36-20-23-10-8-7-9-11-23)27(19-25(21)14-17-29(34)37-32(3,4)5)31-30(22(2)33-38-31)24-12-15-26(35-6)16-13-24;1-16-13-23(29-15-18-7-5-4-6-8-18)21(14-22(16)26)25-24(17(2)27-30-25)19-9-11-20(28-3)12-10-19;1-11-19(12-3-6-14(26-2)7-4-12)20(27-21-11)15-9-13(5-8-18(24)25)16(22)10-17(15)23/h7-19H,20H2,1-6H3;4-14H,15H2,1-3H3;3-10,22-23H,1-2H3,(H,24,25)/b17-14+;;8-5+. The van der Waals surface area contributed by atoms with E-state index in [4.69, 9.17) is 47.1 Å². The molecule has 3 heterocycles. The van der Waals surface area contributed by atoms with Gasteiger partial charge in [-0.25, -0.2) is 9.59 Å². The molecular weight excluding hydrogens is 1270 g/mol. The first-order valence-electron chi connectivity index (χ1n) is 30.1. The Morgan fingerprint density at radius 1 is 0.484 bits per heavy atom. The number of hydrogen-bond donors (Lipinski definition) is 3. The van der Waals surface area contributed by atoms with Crippen LogP contribution in [0.3, 0.4) is 0 Å². The average Bonchev–Trinajstić information content (AvgIpc) is 1.73. The van der Waals surface area contributed by atoms with Crippen LogP contribution in [-0.4, -0.2) is 69.7 Å². The topological polar surface area (TPSA) is 228 Å². The Morgan fingerprint density at radius 3 is 1.28 bits per heavy atom. The summed E-state index contributed by atoms with van der Waals surface area (Å²) in [7, 11) is 4.87. The van der Waals surface area contributed by atoms with Gasteiger partial charge in [-0.2, -0.15) is 0 Å². The van der Waals surface area contributed by atoms with Crippen LogP contribution in [0.2, 0.25) is 0 Å². The van der Waals surface area contributed by atoms with Gasteiger partial charge in [0.25, 0.3) is 0 Å². The summed E-state index contributed by atoms with van der Waals surface area (Å²) in [5.74, 6) is 3.22. The highest BCUT2D eigenvalue weighted by Crippen LogP contribution is 2.45. The van der Waals surface area contributed by atoms with Crippen molar-refractivity contribution >= 4 is 40.0 Å². The molecule has 0 bridgehead atoms. The van der Waals surface area contributed by atoms with Crippen LogP contribution in [0.1, 0.15) is 71.2 Å². The smallest absolute Gasteiger partial charge is 0.331 e.